The molecule has 3 amide bonds. The number of amides is 3. The first kappa shape index (κ1) is 25.9. The van der Waals surface area contributed by atoms with Gasteiger partial charge in [-0.2, -0.15) is 0 Å². The highest BCUT2D eigenvalue weighted by Gasteiger charge is 2.58. The van der Waals surface area contributed by atoms with Crippen molar-refractivity contribution in [2.75, 3.05) is 6.54 Å². The molecule has 0 aromatic rings. The van der Waals surface area contributed by atoms with E-state index in [1.165, 1.54) is 6.42 Å². The van der Waals surface area contributed by atoms with E-state index in [-0.39, 0.29) is 67.2 Å². The van der Waals surface area contributed by atoms with Gasteiger partial charge < -0.3 is 10.4 Å². The molecule has 4 bridgehead atoms. The lowest BCUT2D eigenvalue weighted by Crippen LogP contribution is -2.62. The lowest BCUT2D eigenvalue weighted by Gasteiger charge is -2.63. The minimum atomic E-state index is -0.830. The topological polar surface area (TPSA) is 104 Å². The summed E-state index contributed by atoms with van der Waals surface area (Å²) in [5, 5.41) is 14.0. The smallest absolute Gasteiger partial charge is 0.240 e. The predicted molar refractivity (Wildman–Crippen MR) is 134 cm³/mol. The molecule has 200 valence electrons. The number of aliphatic hydroxyl groups excluding tert-OH is 1. The van der Waals surface area contributed by atoms with Crippen molar-refractivity contribution in [3.8, 4) is 0 Å². The van der Waals surface area contributed by atoms with Crippen LogP contribution in [-0.2, 0) is 19.2 Å². The number of rotatable bonds is 6. The number of Topliss-reactive ketones (excluding diaryl/α,β-unsaturated/α-hetero) is 1. The van der Waals surface area contributed by atoms with Crippen molar-refractivity contribution in [1.82, 2.24) is 10.2 Å². The van der Waals surface area contributed by atoms with E-state index in [1.54, 1.807) is 0 Å². The van der Waals surface area contributed by atoms with E-state index in [2.05, 4.69) is 26.1 Å². The van der Waals surface area contributed by atoms with Crippen molar-refractivity contribution in [1.29, 1.82) is 0 Å². The Morgan fingerprint density at radius 3 is 2.11 bits per heavy atom. The first-order valence-corrected chi connectivity index (χ1v) is 14.2. The summed E-state index contributed by atoms with van der Waals surface area (Å²) in [6, 6.07) is 0.148. The van der Waals surface area contributed by atoms with Crippen LogP contribution in [0.4, 0.5) is 0 Å². The molecule has 2 N–H and O–H groups in total. The van der Waals surface area contributed by atoms with Gasteiger partial charge >= 0.3 is 0 Å². The summed E-state index contributed by atoms with van der Waals surface area (Å²) >= 11 is 0. The van der Waals surface area contributed by atoms with Gasteiger partial charge in [-0.15, -0.1) is 0 Å². The Morgan fingerprint density at radius 2 is 1.56 bits per heavy atom. The van der Waals surface area contributed by atoms with Crippen LogP contribution in [-0.4, -0.2) is 52.2 Å². The summed E-state index contributed by atoms with van der Waals surface area (Å²) in [6.07, 6.45) is 7.10. The van der Waals surface area contributed by atoms with E-state index in [0.717, 1.165) is 37.0 Å². The molecule has 5 aliphatic carbocycles. The largest absolute Gasteiger partial charge is 0.392 e. The van der Waals surface area contributed by atoms with Crippen LogP contribution < -0.4 is 5.32 Å². The number of nitrogens with one attached hydrogen (secondary N) is 1. The van der Waals surface area contributed by atoms with E-state index < -0.39 is 12.0 Å². The number of hydrogen-bond donors (Lipinski definition) is 2. The lowest BCUT2D eigenvalue weighted by atomic mass is 9.44. The van der Waals surface area contributed by atoms with Gasteiger partial charge in [-0.25, -0.2) is 0 Å². The Labute approximate surface area is 215 Å². The van der Waals surface area contributed by atoms with Gasteiger partial charge in [0.1, 0.15) is 12.3 Å². The van der Waals surface area contributed by atoms with Crippen molar-refractivity contribution in [3.63, 3.8) is 0 Å². The molecule has 0 radical (unpaired) electrons. The van der Waals surface area contributed by atoms with Gasteiger partial charge in [-0.1, -0.05) is 27.7 Å². The fraction of sp³-hybridized carbons (Fsp3) is 0.862. The molecule has 1 heterocycles. The second-order valence-electron chi connectivity index (χ2n) is 14.2. The number of imide groups is 1. The molecule has 6 rings (SSSR count). The van der Waals surface area contributed by atoms with Crippen LogP contribution in [0.2, 0.25) is 0 Å². The third kappa shape index (κ3) is 4.89. The minimum absolute atomic E-state index is 0.0581. The first-order chi connectivity index (χ1) is 16.8. The maximum absolute atomic E-state index is 13.0. The standard InChI is InChI=1S/C29H44N2O5/c1-16-5-17(2)27(36)21(6-16)22(32)7-18-8-24(34)31(25(35)9-18)14-23(33)30-26-19-10-28(3)11-20(26)13-29(4,12-19)15-28/h16-22,26,32H,5-15H2,1-4H3,(H,30,33)/t16-,17-,19?,20?,21?,22+,26?,28?,29?/m0/s1. The van der Waals surface area contributed by atoms with Crippen molar-refractivity contribution in [2.45, 2.75) is 104 Å². The van der Waals surface area contributed by atoms with Crippen LogP contribution >= 0.6 is 0 Å². The molecule has 7 heteroatoms. The zero-order valence-electron chi connectivity index (χ0n) is 22.4. The quantitative estimate of drug-likeness (QED) is 0.544. The SMILES string of the molecule is C[C@@H]1CC([C@H](O)CC2CC(=O)N(CC(=O)NC3C4CC5(C)CC3CC(C)(C4)C5)C(=O)C2)C(=O)[C@@H](C)C1. The molecule has 6 aliphatic rings. The fourth-order valence-corrected chi connectivity index (χ4v) is 9.52. The highest BCUT2D eigenvalue weighted by atomic mass is 16.3. The molecule has 4 atom stereocenters. The maximum atomic E-state index is 13.0. The van der Waals surface area contributed by atoms with Gasteiger partial charge in [0.15, 0.2) is 0 Å². The monoisotopic (exact) mass is 500 g/mol. The van der Waals surface area contributed by atoms with Crippen LogP contribution in [0.15, 0.2) is 0 Å². The molecule has 1 aliphatic heterocycles. The first-order valence-electron chi connectivity index (χ1n) is 14.2. The minimum Gasteiger partial charge on any atom is -0.392 e. The van der Waals surface area contributed by atoms with E-state index in [0.29, 0.717) is 35.0 Å². The second-order valence-corrected chi connectivity index (χ2v) is 14.2. The van der Waals surface area contributed by atoms with Crippen LogP contribution in [0.1, 0.15) is 91.9 Å². The molecular weight excluding hydrogens is 456 g/mol. The number of piperidine rings is 1. The van der Waals surface area contributed by atoms with Gasteiger partial charge in [0, 0.05) is 30.7 Å². The van der Waals surface area contributed by atoms with Crippen molar-refractivity contribution in [2.24, 2.45) is 46.3 Å². The van der Waals surface area contributed by atoms with Gasteiger partial charge in [0.25, 0.3) is 0 Å². The van der Waals surface area contributed by atoms with E-state index in [4.69, 9.17) is 0 Å². The van der Waals surface area contributed by atoms with E-state index in [9.17, 15) is 24.3 Å². The van der Waals surface area contributed by atoms with Gasteiger partial charge in [-0.3, -0.25) is 24.1 Å². The highest BCUT2D eigenvalue weighted by Crippen LogP contribution is 2.64. The number of aliphatic hydroxyl groups is 1. The lowest BCUT2D eigenvalue weighted by molar-refractivity contribution is -0.154. The molecule has 36 heavy (non-hydrogen) atoms. The number of carbonyl (C=O) groups excluding carboxylic acids is 4. The molecule has 5 saturated carbocycles. The average Bonchev–Trinajstić information content (AvgIpc) is 2.74. The molecular formula is C29H44N2O5. The Balaban J connectivity index is 1.14. The average molecular weight is 501 g/mol. The van der Waals surface area contributed by atoms with Crippen LogP contribution in [0.5, 0.6) is 0 Å². The summed E-state index contributed by atoms with van der Waals surface area (Å²) in [7, 11) is 0. The van der Waals surface area contributed by atoms with Crippen LogP contribution in [0.25, 0.3) is 0 Å². The number of carbonyl (C=O) groups is 4. The van der Waals surface area contributed by atoms with Gasteiger partial charge in [0.05, 0.1) is 6.10 Å². The third-order valence-electron chi connectivity index (χ3n) is 10.3. The Hall–Kier alpha value is -1.76. The number of ketones is 1. The summed E-state index contributed by atoms with van der Waals surface area (Å²) in [4.78, 5) is 52.4. The number of hydrogen-bond acceptors (Lipinski definition) is 5. The van der Waals surface area contributed by atoms with Crippen LogP contribution in [0.3, 0.4) is 0 Å². The molecule has 7 nitrogen and oxygen atoms in total. The third-order valence-corrected chi connectivity index (χ3v) is 10.3. The summed E-state index contributed by atoms with van der Waals surface area (Å²) in [5.74, 6) is -0.250. The van der Waals surface area contributed by atoms with Gasteiger partial charge in [-0.05, 0) is 85.9 Å². The zero-order chi connectivity index (χ0) is 26.0. The van der Waals surface area contributed by atoms with E-state index in [1.807, 2.05) is 6.92 Å². The maximum Gasteiger partial charge on any atom is 0.240 e. The molecule has 6 fully saturated rings. The van der Waals surface area contributed by atoms with E-state index >= 15 is 0 Å². The summed E-state index contributed by atoms with van der Waals surface area (Å²) < 4.78 is 0. The molecule has 0 aromatic carbocycles. The Bertz CT molecular complexity index is 892. The molecule has 1 unspecified atom stereocenters. The molecule has 0 spiro atoms. The number of nitrogens with zero attached hydrogens (tertiary/aromatic N) is 1. The number of likely N-dealkylation sites (tertiary alicyclic amines) is 1. The van der Waals surface area contributed by atoms with Crippen LogP contribution in [0, 0.1) is 46.3 Å². The Kier molecular flexibility index (Phi) is 6.62. The second kappa shape index (κ2) is 9.21. The predicted octanol–water partition coefficient (Wildman–Crippen LogP) is 3.48. The molecule has 0 aromatic heterocycles. The van der Waals surface area contributed by atoms with Crippen molar-refractivity contribution < 1.29 is 24.3 Å². The zero-order valence-corrected chi connectivity index (χ0v) is 22.4. The van der Waals surface area contributed by atoms with Crippen molar-refractivity contribution >= 4 is 23.5 Å². The molecule has 1 saturated heterocycles. The van der Waals surface area contributed by atoms with Crippen molar-refractivity contribution in [3.05, 3.63) is 0 Å². The highest BCUT2D eigenvalue weighted by molar-refractivity contribution is 6.01. The Morgan fingerprint density at radius 1 is 1.00 bits per heavy atom. The summed E-state index contributed by atoms with van der Waals surface area (Å²) in [5.41, 5.74) is 0.775. The van der Waals surface area contributed by atoms with Gasteiger partial charge in [0.2, 0.25) is 17.7 Å². The fourth-order valence-electron chi connectivity index (χ4n) is 9.52. The normalized spacial score (nSPS) is 43.7. The summed E-state index contributed by atoms with van der Waals surface area (Å²) in [6.45, 7) is 8.59.